The van der Waals surface area contributed by atoms with Crippen LogP contribution in [0.2, 0.25) is 0 Å². The van der Waals surface area contributed by atoms with Crippen molar-refractivity contribution in [3.05, 3.63) is 0 Å². The summed E-state index contributed by atoms with van der Waals surface area (Å²) in [6.07, 6.45) is 2.13. The second-order valence-electron chi connectivity index (χ2n) is 4.54. The zero-order valence-corrected chi connectivity index (χ0v) is 11.2. The van der Waals surface area contributed by atoms with Gasteiger partial charge in [-0.05, 0) is 25.1 Å². The molecular formula is C11H21F3N2S. The number of hydrogen-bond donors (Lipinski definition) is 1. The van der Waals surface area contributed by atoms with Gasteiger partial charge in [-0.15, -0.1) is 0 Å². The van der Waals surface area contributed by atoms with Gasteiger partial charge in [-0.25, -0.2) is 0 Å². The summed E-state index contributed by atoms with van der Waals surface area (Å²) in [5.74, 6) is 0.135. The highest BCUT2D eigenvalue weighted by molar-refractivity contribution is 8.00. The maximum atomic E-state index is 12.1. The topological polar surface area (TPSA) is 15.3 Å². The Morgan fingerprint density at radius 3 is 2.71 bits per heavy atom. The largest absolute Gasteiger partial charge is 0.441 e. The lowest BCUT2D eigenvalue weighted by Gasteiger charge is -2.39. The third kappa shape index (κ3) is 5.97. The Bertz CT molecular complexity index is 223. The fourth-order valence-corrected chi connectivity index (χ4v) is 2.76. The molecule has 1 saturated heterocycles. The maximum Gasteiger partial charge on any atom is 0.441 e. The van der Waals surface area contributed by atoms with Crippen molar-refractivity contribution in [2.75, 3.05) is 25.4 Å². The zero-order valence-electron chi connectivity index (χ0n) is 10.4. The molecule has 2 atom stereocenters. The molecule has 1 rings (SSSR count). The van der Waals surface area contributed by atoms with Gasteiger partial charge in [0.1, 0.15) is 0 Å². The van der Waals surface area contributed by atoms with Gasteiger partial charge in [0.2, 0.25) is 0 Å². The minimum atomic E-state index is -4.10. The van der Waals surface area contributed by atoms with Gasteiger partial charge in [0.25, 0.3) is 0 Å². The molecule has 2 nitrogen and oxygen atoms in total. The minimum Gasteiger partial charge on any atom is -0.311 e. The van der Waals surface area contributed by atoms with Crippen molar-refractivity contribution in [1.82, 2.24) is 10.2 Å². The van der Waals surface area contributed by atoms with E-state index < -0.39 is 5.51 Å². The summed E-state index contributed by atoms with van der Waals surface area (Å²) in [6.45, 7) is 6.46. The molecule has 0 aromatic carbocycles. The number of hydrogen-bond acceptors (Lipinski definition) is 3. The highest BCUT2D eigenvalue weighted by atomic mass is 32.2. The van der Waals surface area contributed by atoms with E-state index in [1.165, 1.54) is 0 Å². The van der Waals surface area contributed by atoms with Gasteiger partial charge in [0, 0.05) is 37.5 Å². The molecule has 6 heteroatoms. The second kappa shape index (κ2) is 6.85. The van der Waals surface area contributed by atoms with E-state index in [-0.39, 0.29) is 17.5 Å². The fourth-order valence-electron chi connectivity index (χ4n) is 2.20. The molecule has 0 saturated carbocycles. The molecule has 1 fully saturated rings. The SMILES string of the molecule is CCCC1CNC(C)CN1CCSC(F)(F)F. The van der Waals surface area contributed by atoms with Crippen LogP contribution in [0, 0.1) is 0 Å². The summed E-state index contributed by atoms with van der Waals surface area (Å²) in [5.41, 5.74) is -4.10. The van der Waals surface area contributed by atoms with Crippen LogP contribution in [0.5, 0.6) is 0 Å². The Hall–Kier alpha value is 0.0600. The van der Waals surface area contributed by atoms with Crippen molar-refractivity contribution in [3.8, 4) is 0 Å². The lowest BCUT2D eigenvalue weighted by molar-refractivity contribution is -0.0329. The molecule has 102 valence electrons. The van der Waals surface area contributed by atoms with Crippen molar-refractivity contribution in [2.45, 2.75) is 44.3 Å². The standard InChI is InChI=1S/C11H21F3N2S/c1-3-4-10-7-15-9(2)8-16(10)5-6-17-11(12,13)14/h9-10,15H,3-8H2,1-2H3. The Kier molecular flexibility index (Phi) is 6.09. The van der Waals surface area contributed by atoms with Crippen LogP contribution in [0.15, 0.2) is 0 Å². The molecule has 0 bridgehead atoms. The number of nitrogens with one attached hydrogen (secondary N) is 1. The van der Waals surface area contributed by atoms with E-state index in [4.69, 9.17) is 0 Å². The first-order valence-electron chi connectivity index (χ1n) is 6.10. The summed E-state index contributed by atoms with van der Waals surface area (Å²) < 4.78 is 36.2. The Morgan fingerprint density at radius 1 is 1.41 bits per heavy atom. The minimum absolute atomic E-state index is 0.0865. The normalized spacial score (nSPS) is 27.4. The van der Waals surface area contributed by atoms with E-state index in [1.807, 2.05) is 0 Å². The zero-order chi connectivity index (χ0) is 12.9. The van der Waals surface area contributed by atoms with Crippen LogP contribution in [-0.4, -0.2) is 47.9 Å². The van der Waals surface area contributed by atoms with E-state index in [9.17, 15) is 13.2 Å². The molecule has 1 heterocycles. The van der Waals surface area contributed by atoms with Crippen LogP contribution < -0.4 is 5.32 Å². The molecule has 17 heavy (non-hydrogen) atoms. The van der Waals surface area contributed by atoms with Crippen molar-refractivity contribution < 1.29 is 13.2 Å². The van der Waals surface area contributed by atoms with E-state index in [1.54, 1.807) is 0 Å². The average Bonchev–Trinajstić information content (AvgIpc) is 2.20. The molecular weight excluding hydrogens is 249 g/mol. The number of nitrogens with zero attached hydrogens (tertiary/aromatic N) is 1. The van der Waals surface area contributed by atoms with E-state index in [0.717, 1.165) is 25.9 Å². The van der Waals surface area contributed by atoms with Crippen LogP contribution in [-0.2, 0) is 0 Å². The lowest BCUT2D eigenvalue weighted by atomic mass is 10.1. The first kappa shape index (κ1) is 15.1. The second-order valence-corrected chi connectivity index (χ2v) is 5.70. The molecule has 0 aliphatic carbocycles. The third-order valence-corrected chi connectivity index (χ3v) is 3.71. The highest BCUT2D eigenvalue weighted by Crippen LogP contribution is 2.30. The number of halogens is 3. The molecule has 0 radical (unpaired) electrons. The monoisotopic (exact) mass is 270 g/mol. The number of alkyl halides is 3. The maximum absolute atomic E-state index is 12.1. The highest BCUT2D eigenvalue weighted by Gasteiger charge is 2.30. The van der Waals surface area contributed by atoms with E-state index in [2.05, 4.69) is 24.1 Å². The summed E-state index contributed by atoms with van der Waals surface area (Å²) in [7, 11) is 0. The van der Waals surface area contributed by atoms with Crippen molar-refractivity contribution in [2.24, 2.45) is 0 Å². The van der Waals surface area contributed by atoms with Crippen LogP contribution in [0.3, 0.4) is 0 Å². The summed E-state index contributed by atoms with van der Waals surface area (Å²) in [5, 5.41) is 3.38. The van der Waals surface area contributed by atoms with Crippen LogP contribution in [0.4, 0.5) is 13.2 Å². The number of piperazine rings is 1. The number of rotatable bonds is 5. The van der Waals surface area contributed by atoms with Crippen LogP contribution in [0.25, 0.3) is 0 Å². The van der Waals surface area contributed by atoms with Gasteiger partial charge in [-0.3, -0.25) is 4.90 Å². The van der Waals surface area contributed by atoms with Gasteiger partial charge in [0.05, 0.1) is 0 Å². The smallest absolute Gasteiger partial charge is 0.311 e. The van der Waals surface area contributed by atoms with Crippen molar-refractivity contribution in [3.63, 3.8) is 0 Å². The van der Waals surface area contributed by atoms with Crippen molar-refractivity contribution in [1.29, 1.82) is 0 Å². The predicted octanol–water partition coefficient (Wildman–Crippen LogP) is 2.70. The van der Waals surface area contributed by atoms with Crippen LogP contribution >= 0.6 is 11.8 Å². The Morgan fingerprint density at radius 2 is 2.12 bits per heavy atom. The average molecular weight is 270 g/mol. The van der Waals surface area contributed by atoms with Gasteiger partial charge in [0.15, 0.2) is 0 Å². The molecule has 1 aliphatic rings. The lowest BCUT2D eigenvalue weighted by Crippen LogP contribution is -2.55. The summed E-state index contributed by atoms with van der Waals surface area (Å²) in [6, 6.07) is 0.768. The molecule has 1 N–H and O–H groups in total. The van der Waals surface area contributed by atoms with Gasteiger partial charge < -0.3 is 5.32 Å². The molecule has 0 aromatic rings. The Balaban J connectivity index is 2.35. The predicted molar refractivity (Wildman–Crippen MR) is 66.2 cm³/mol. The van der Waals surface area contributed by atoms with E-state index >= 15 is 0 Å². The van der Waals surface area contributed by atoms with Gasteiger partial charge in [-0.1, -0.05) is 13.3 Å². The first-order chi connectivity index (χ1) is 7.92. The molecule has 0 amide bonds. The fraction of sp³-hybridized carbons (Fsp3) is 1.00. The molecule has 0 spiro atoms. The van der Waals surface area contributed by atoms with Gasteiger partial charge in [-0.2, -0.15) is 13.2 Å². The first-order valence-corrected chi connectivity index (χ1v) is 7.09. The van der Waals surface area contributed by atoms with Crippen LogP contribution in [0.1, 0.15) is 26.7 Å². The molecule has 2 unspecified atom stereocenters. The number of thioether (sulfide) groups is 1. The van der Waals surface area contributed by atoms with Gasteiger partial charge >= 0.3 is 5.51 Å². The van der Waals surface area contributed by atoms with Crippen molar-refractivity contribution >= 4 is 11.8 Å². The molecule has 1 aliphatic heterocycles. The van der Waals surface area contributed by atoms with E-state index in [0.29, 0.717) is 18.6 Å². The summed E-state index contributed by atoms with van der Waals surface area (Å²) in [4.78, 5) is 2.20. The molecule has 0 aromatic heterocycles. The summed E-state index contributed by atoms with van der Waals surface area (Å²) >= 11 is 0.0865. The Labute approximate surface area is 105 Å². The third-order valence-electron chi connectivity index (χ3n) is 2.99. The quantitative estimate of drug-likeness (QED) is 0.827.